The number of rotatable bonds is 9. The van der Waals surface area contributed by atoms with Gasteiger partial charge in [-0.15, -0.1) is 0 Å². The normalized spacial score (nSPS) is 11.2. The van der Waals surface area contributed by atoms with E-state index in [0.717, 1.165) is 36.4 Å². The molecule has 0 saturated carbocycles. The smallest absolute Gasteiger partial charge is 0.218 e. The van der Waals surface area contributed by atoms with E-state index in [1.165, 1.54) is 5.56 Å². The van der Waals surface area contributed by atoms with Crippen LogP contribution in [0.15, 0.2) is 77.9 Å². The molecule has 0 saturated heterocycles. The van der Waals surface area contributed by atoms with Gasteiger partial charge in [-0.1, -0.05) is 48.5 Å². The van der Waals surface area contributed by atoms with Crippen LogP contribution in [0.25, 0.3) is 12.2 Å². The van der Waals surface area contributed by atoms with Gasteiger partial charge in [0.15, 0.2) is 0 Å². The summed E-state index contributed by atoms with van der Waals surface area (Å²) in [7, 11) is 0. The van der Waals surface area contributed by atoms with Crippen LogP contribution >= 0.6 is 0 Å². The number of hydrogen-bond acceptors (Lipinski definition) is 5. The van der Waals surface area contributed by atoms with E-state index in [0.29, 0.717) is 12.5 Å². The van der Waals surface area contributed by atoms with E-state index in [9.17, 15) is 0 Å². The molecule has 0 fully saturated rings. The van der Waals surface area contributed by atoms with Gasteiger partial charge in [-0.2, -0.15) is 5.10 Å². The van der Waals surface area contributed by atoms with Crippen molar-refractivity contribution in [2.75, 3.05) is 0 Å². The Hall–Kier alpha value is -3.67. The lowest BCUT2D eigenvalue weighted by Crippen LogP contribution is -2.02. The van der Waals surface area contributed by atoms with Gasteiger partial charge in [0.2, 0.25) is 5.89 Å². The lowest BCUT2D eigenvalue weighted by molar-refractivity contribution is 0.297. The molecule has 2 heterocycles. The molecular weight excluding hydrogens is 364 g/mol. The maximum atomic E-state index is 6.01. The minimum Gasteiger partial charge on any atom is -0.487 e. The second kappa shape index (κ2) is 9.50. The summed E-state index contributed by atoms with van der Waals surface area (Å²) in [6.07, 6.45) is 10.6. The summed E-state index contributed by atoms with van der Waals surface area (Å²) in [6, 6.07) is 18.1. The average molecular weight is 386 g/mol. The summed E-state index contributed by atoms with van der Waals surface area (Å²) in [5.41, 5.74) is 3.03. The Kier molecular flexibility index (Phi) is 6.12. The Morgan fingerprint density at radius 1 is 1.00 bits per heavy atom. The molecule has 2 aromatic heterocycles. The van der Waals surface area contributed by atoms with Crippen LogP contribution in [0.5, 0.6) is 5.75 Å². The first kappa shape index (κ1) is 18.7. The second-order valence-corrected chi connectivity index (χ2v) is 6.58. The zero-order valence-electron chi connectivity index (χ0n) is 16.0. The van der Waals surface area contributed by atoms with Crippen LogP contribution in [-0.4, -0.2) is 19.7 Å². The molecule has 0 bridgehead atoms. The fraction of sp³-hybridized carbons (Fsp3) is 0.174. The van der Waals surface area contributed by atoms with Crippen molar-refractivity contribution in [2.45, 2.75) is 26.0 Å². The van der Waals surface area contributed by atoms with Crippen LogP contribution in [0.4, 0.5) is 0 Å². The molecule has 0 unspecified atom stereocenters. The topological polar surface area (TPSA) is 66.0 Å². The van der Waals surface area contributed by atoms with Crippen LogP contribution in [0.2, 0.25) is 0 Å². The average Bonchev–Trinajstić information content (AvgIpc) is 3.44. The number of aromatic nitrogens is 4. The molecule has 0 N–H and O–H groups in total. The van der Waals surface area contributed by atoms with Gasteiger partial charge in [-0.25, -0.2) is 9.97 Å². The number of para-hydroxylation sites is 1. The van der Waals surface area contributed by atoms with Crippen molar-refractivity contribution >= 4 is 12.2 Å². The first-order chi connectivity index (χ1) is 14.4. The van der Waals surface area contributed by atoms with Crippen molar-refractivity contribution in [1.29, 1.82) is 0 Å². The number of hydrogen-bond donors (Lipinski definition) is 0. The van der Waals surface area contributed by atoms with E-state index in [2.05, 4.69) is 21.1 Å². The van der Waals surface area contributed by atoms with Crippen molar-refractivity contribution in [2.24, 2.45) is 0 Å². The number of ether oxygens (including phenoxy) is 1. The van der Waals surface area contributed by atoms with Gasteiger partial charge >= 0.3 is 0 Å². The highest BCUT2D eigenvalue weighted by atomic mass is 16.5. The van der Waals surface area contributed by atoms with E-state index >= 15 is 0 Å². The largest absolute Gasteiger partial charge is 0.487 e. The molecule has 0 atom stereocenters. The highest BCUT2D eigenvalue weighted by Crippen LogP contribution is 2.21. The van der Waals surface area contributed by atoms with Gasteiger partial charge in [-0.3, -0.25) is 4.68 Å². The van der Waals surface area contributed by atoms with Crippen molar-refractivity contribution in [3.05, 3.63) is 96.2 Å². The molecule has 2 aromatic carbocycles. The first-order valence-electron chi connectivity index (χ1n) is 9.57. The molecular formula is C23H22N4O2. The van der Waals surface area contributed by atoms with Gasteiger partial charge in [0.05, 0.1) is 0 Å². The molecule has 0 radical (unpaired) electrons. The standard InChI is InChI=1S/C23H22N4O2/c1-2-7-19(8-3-1)12-13-23-26-21(16-29-23)15-28-22-11-5-4-9-20(22)10-6-14-27-18-24-17-25-27/h1-5,7-9,11-13,16-18H,6,10,14-15H2. The molecule has 0 amide bonds. The highest BCUT2D eigenvalue weighted by molar-refractivity contribution is 5.65. The maximum Gasteiger partial charge on any atom is 0.218 e. The van der Waals surface area contributed by atoms with Crippen molar-refractivity contribution in [3.8, 4) is 5.75 Å². The molecule has 0 aliphatic rings. The van der Waals surface area contributed by atoms with Gasteiger partial charge in [0.1, 0.15) is 37.0 Å². The molecule has 4 aromatic rings. The quantitative estimate of drug-likeness (QED) is 0.419. The predicted molar refractivity (Wildman–Crippen MR) is 111 cm³/mol. The lowest BCUT2D eigenvalue weighted by Gasteiger charge is -2.10. The maximum absolute atomic E-state index is 6.01. The Balaban J connectivity index is 1.32. The third kappa shape index (κ3) is 5.42. The monoisotopic (exact) mass is 386 g/mol. The van der Waals surface area contributed by atoms with E-state index in [1.807, 2.05) is 65.4 Å². The number of nitrogens with zero attached hydrogens (tertiary/aromatic N) is 4. The summed E-state index contributed by atoms with van der Waals surface area (Å²) in [4.78, 5) is 8.44. The zero-order valence-corrected chi connectivity index (χ0v) is 16.0. The van der Waals surface area contributed by atoms with Crippen LogP contribution < -0.4 is 4.74 Å². The van der Waals surface area contributed by atoms with E-state index in [-0.39, 0.29) is 0 Å². The van der Waals surface area contributed by atoms with Crippen LogP contribution in [0.1, 0.15) is 29.1 Å². The van der Waals surface area contributed by atoms with E-state index in [4.69, 9.17) is 9.15 Å². The van der Waals surface area contributed by atoms with Gasteiger partial charge in [0.25, 0.3) is 0 Å². The Morgan fingerprint density at radius 3 is 2.72 bits per heavy atom. The molecule has 0 aliphatic carbocycles. The van der Waals surface area contributed by atoms with Crippen molar-refractivity contribution in [1.82, 2.24) is 19.7 Å². The van der Waals surface area contributed by atoms with Crippen LogP contribution in [0, 0.1) is 0 Å². The van der Waals surface area contributed by atoms with Crippen molar-refractivity contribution < 1.29 is 9.15 Å². The third-order valence-electron chi connectivity index (χ3n) is 4.44. The minimum absolute atomic E-state index is 0.364. The molecule has 0 spiro atoms. The molecule has 0 aliphatic heterocycles. The molecule has 4 rings (SSSR count). The second-order valence-electron chi connectivity index (χ2n) is 6.58. The number of aryl methyl sites for hydroxylation is 2. The summed E-state index contributed by atoms with van der Waals surface area (Å²) in [5.74, 6) is 1.43. The molecule has 6 nitrogen and oxygen atoms in total. The summed E-state index contributed by atoms with van der Waals surface area (Å²) >= 11 is 0. The third-order valence-corrected chi connectivity index (χ3v) is 4.44. The summed E-state index contributed by atoms with van der Waals surface area (Å²) in [6.45, 7) is 1.19. The van der Waals surface area contributed by atoms with E-state index in [1.54, 1.807) is 18.9 Å². The van der Waals surface area contributed by atoms with E-state index < -0.39 is 0 Å². The number of oxazole rings is 1. The van der Waals surface area contributed by atoms with Crippen LogP contribution in [-0.2, 0) is 19.6 Å². The Labute approximate surface area is 169 Å². The zero-order chi connectivity index (χ0) is 19.7. The molecule has 29 heavy (non-hydrogen) atoms. The fourth-order valence-electron chi connectivity index (χ4n) is 2.98. The van der Waals surface area contributed by atoms with Gasteiger partial charge in [0, 0.05) is 12.6 Å². The van der Waals surface area contributed by atoms with Gasteiger partial charge in [-0.05, 0) is 36.1 Å². The van der Waals surface area contributed by atoms with Crippen LogP contribution in [0.3, 0.4) is 0 Å². The molecule has 146 valence electrons. The number of benzene rings is 2. The first-order valence-corrected chi connectivity index (χ1v) is 9.57. The predicted octanol–water partition coefficient (Wildman–Crippen LogP) is 4.65. The highest BCUT2D eigenvalue weighted by Gasteiger charge is 2.06. The molecule has 6 heteroatoms. The minimum atomic E-state index is 0.364. The Bertz CT molecular complexity index is 1040. The van der Waals surface area contributed by atoms with Crippen molar-refractivity contribution in [3.63, 3.8) is 0 Å². The van der Waals surface area contributed by atoms with Gasteiger partial charge < -0.3 is 9.15 Å². The summed E-state index contributed by atoms with van der Waals surface area (Å²) in [5, 5.41) is 4.13. The summed E-state index contributed by atoms with van der Waals surface area (Å²) < 4.78 is 13.4. The lowest BCUT2D eigenvalue weighted by atomic mass is 10.1. The SMILES string of the molecule is C(=Cc1nc(COc2ccccc2CCCn2cncn2)co1)c1ccccc1. The fourth-order valence-corrected chi connectivity index (χ4v) is 2.98. The Morgan fingerprint density at radius 2 is 1.86 bits per heavy atom.